The van der Waals surface area contributed by atoms with Gasteiger partial charge in [-0.25, -0.2) is 0 Å². The molecule has 0 saturated heterocycles. The molecule has 0 unspecified atom stereocenters. The maximum absolute atomic E-state index is 12.1. The Balaban J connectivity index is 0.00000676. The molecule has 1 aromatic rings. The molecule has 0 fully saturated rings. The van der Waals surface area contributed by atoms with Crippen molar-refractivity contribution in [1.29, 1.82) is 0 Å². The molecule has 0 radical (unpaired) electrons. The molecule has 0 saturated carbocycles. The van der Waals surface area contributed by atoms with Gasteiger partial charge in [0.25, 0.3) is 5.91 Å². The van der Waals surface area contributed by atoms with Gasteiger partial charge in [0.05, 0.1) is 12.1 Å². The van der Waals surface area contributed by atoms with Crippen LogP contribution in [0.3, 0.4) is 0 Å². The predicted octanol–water partition coefficient (Wildman–Crippen LogP) is 2.66. The first kappa shape index (κ1) is 25.6. The van der Waals surface area contributed by atoms with Crippen molar-refractivity contribution in [3.8, 4) is 0 Å². The molecular weight excluding hydrogens is 455 g/mol. The zero-order valence-electron chi connectivity index (χ0n) is 17.2. The number of hydrogen-bond donors (Lipinski definition) is 3. The summed E-state index contributed by atoms with van der Waals surface area (Å²) in [7, 11) is 3.51. The first-order valence-corrected chi connectivity index (χ1v) is 9.40. The van der Waals surface area contributed by atoms with Crippen molar-refractivity contribution in [2.24, 2.45) is 4.99 Å². The lowest BCUT2D eigenvalue weighted by molar-refractivity contribution is 0.0418. The summed E-state index contributed by atoms with van der Waals surface area (Å²) in [6.07, 6.45) is 2.14. The summed E-state index contributed by atoms with van der Waals surface area (Å²) in [6, 6.07) is 7.70. The summed E-state index contributed by atoms with van der Waals surface area (Å²) in [4.78, 5) is 18.1. The molecule has 7 heteroatoms. The second-order valence-corrected chi connectivity index (χ2v) is 6.70. The van der Waals surface area contributed by atoms with E-state index in [-0.39, 0.29) is 29.9 Å². The highest BCUT2D eigenvalue weighted by atomic mass is 127. The number of carbonyl (C=O) groups is 1. The smallest absolute Gasteiger partial charge is 0.253 e. The largest absolute Gasteiger partial charge is 0.388 e. The summed E-state index contributed by atoms with van der Waals surface area (Å²) in [5.41, 5.74) is 1.05. The molecule has 0 heterocycles. The third kappa shape index (κ3) is 8.92. The van der Waals surface area contributed by atoms with Gasteiger partial charge in [-0.2, -0.15) is 0 Å². The van der Waals surface area contributed by atoms with Crippen LogP contribution in [-0.2, 0) is 6.42 Å². The van der Waals surface area contributed by atoms with E-state index in [1.165, 1.54) is 0 Å². The van der Waals surface area contributed by atoms with Gasteiger partial charge in [-0.3, -0.25) is 9.79 Å². The summed E-state index contributed by atoms with van der Waals surface area (Å²) in [5.74, 6) is 0.710. The molecule has 0 atom stereocenters. The Kier molecular flexibility index (Phi) is 12.3. The van der Waals surface area contributed by atoms with Gasteiger partial charge in [0.15, 0.2) is 5.96 Å². The van der Waals surface area contributed by atoms with Crippen LogP contribution in [0.15, 0.2) is 29.3 Å². The molecule has 154 valence electrons. The van der Waals surface area contributed by atoms with E-state index >= 15 is 0 Å². The first-order valence-electron chi connectivity index (χ1n) is 9.40. The van der Waals surface area contributed by atoms with Crippen molar-refractivity contribution >= 4 is 35.8 Å². The van der Waals surface area contributed by atoms with Crippen LogP contribution in [-0.4, -0.2) is 61.2 Å². The molecule has 0 aliphatic heterocycles. The fourth-order valence-electron chi connectivity index (χ4n) is 2.48. The molecule has 0 bridgehead atoms. The quantitative estimate of drug-likeness (QED) is 0.283. The maximum Gasteiger partial charge on any atom is 0.253 e. The van der Waals surface area contributed by atoms with Crippen molar-refractivity contribution in [2.75, 3.05) is 33.7 Å². The SMILES string of the molecule is CCNC(=NCC(O)(CC)CC)NCCc1cccc(C(=O)N(C)C)c1.I. The Labute approximate surface area is 180 Å². The fourth-order valence-corrected chi connectivity index (χ4v) is 2.48. The molecule has 0 aromatic heterocycles. The number of aliphatic hydroxyl groups is 1. The normalized spacial score (nSPS) is 11.6. The number of hydrogen-bond acceptors (Lipinski definition) is 3. The molecule has 27 heavy (non-hydrogen) atoms. The average molecular weight is 490 g/mol. The van der Waals surface area contributed by atoms with Crippen LogP contribution in [0.1, 0.15) is 49.5 Å². The summed E-state index contributed by atoms with van der Waals surface area (Å²) < 4.78 is 0. The number of guanidine groups is 1. The number of amides is 1. The molecule has 0 aliphatic rings. The van der Waals surface area contributed by atoms with E-state index in [9.17, 15) is 9.90 Å². The molecule has 0 spiro atoms. The third-order valence-electron chi connectivity index (χ3n) is 4.48. The van der Waals surface area contributed by atoms with Crippen LogP contribution >= 0.6 is 24.0 Å². The zero-order chi connectivity index (χ0) is 19.6. The van der Waals surface area contributed by atoms with E-state index in [0.717, 1.165) is 18.5 Å². The minimum Gasteiger partial charge on any atom is -0.388 e. The van der Waals surface area contributed by atoms with Crippen molar-refractivity contribution < 1.29 is 9.90 Å². The monoisotopic (exact) mass is 490 g/mol. The Morgan fingerprint density at radius 1 is 1.19 bits per heavy atom. The number of carbonyl (C=O) groups excluding carboxylic acids is 1. The first-order chi connectivity index (χ1) is 12.3. The molecule has 3 N–H and O–H groups in total. The minimum atomic E-state index is -0.747. The standard InChI is InChI=1S/C20H34N4O2.HI/c1-6-20(26,7-2)15-23-19(21-8-3)22-13-12-16-10-9-11-17(14-16)18(25)24(4)5;/h9-11,14,26H,6-8,12-13,15H2,1-5H3,(H2,21,22,23);1H. The maximum atomic E-state index is 12.1. The van der Waals surface area contributed by atoms with E-state index in [4.69, 9.17) is 0 Å². The Morgan fingerprint density at radius 2 is 1.85 bits per heavy atom. The molecular formula is C20H35IN4O2. The minimum absolute atomic E-state index is 0. The van der Waals surface area contributed by atoms with E-state index in [2.05, 4.69) is 15.6 Å². The number of rotatable bonds is 9. The van der Waals surface area contributed by atoms with Crippen molar-refractivity contribution in [3.05, 3.63) is 35.4 Å². The summed E-state index contributed by atoms with van der Waals surface area (Å²) in [6.45, 7) is 7.79. The van der Waals surface area contributed by atoms with Gasteiger partial charge in [-0.05, 0) is 43.9 Å². The average Bonchev–Trinajstić information content (AvgIpc) is 2.65. The molecule has 1 rings (SSSR count). The number of halogens is 1. The number of benzene rings is 1. The molecule has 1 aromatic carbocycles. The topological polar surface area (TPSA) is 77.0 Å². The van der Waals surface area contributed by atoms with Crippen LogP contribution in [0.25, 0.3) is 0 Å². The van der Waals surface area contributed by atoms with Crippen LogP contribution in [0.4, 0.5) is 0 Å². The number of nitrogens with zero attached hydrogens (tertiary/aromatic N) is 2. The van der Waals surface area contributed by atoms with Crippen LogP contribution in [0, 0.1) is 0 Å². The Bertz CT molecular complexity index is 601. The fraction of sp³-hybridized carbons (Fsp3) is 0.600. The third-order valence-corrected chi connectivity index (χ3v) is 4.48. The molecule has 0 aliphatic carbocycles. The Morgan fingerprint density at radius 3 is 2.41 bits per heavy atom. The van der Waals surface area contributed by atoms with E-state index in [1.807, 2.05) is 45.0 Å². The van der Waals surface area contributed by atoms with Gasteiger partial charge in [-0.15, -0.1) is 24.0 Å². The van der Waals surface area contributed by atoms with Gasteiger partial charge < -0.3 is 20.6 Å². The van der Waals surface area contributed by atoms with Crippen molar-refractivity contribution in [1.82, 2.24) is 15.5 Å². The lowest BCUT2D eigenvalue weighted by Gasteiger charge is -2.23. The van der Waals surface area contributed by atoms with Crippen molar-refractivity contribution in [3.63, 3.8) is 0 Å². The number of nitrogens with one attached hydrogen (secondary N) is 2. The van der Waals surface area contributed by atoms with Crippen LogP contribution in [0.2, 0.25) is 0 Å². The molecule has 6 nitrogen and oxygen atoms in total. The van der Waals surface area contributed by atoms with E-state index in [1.54, 1.807) is 19.0 Å². The van der Waals surface area contributed by atoms with Gasteiger partial charge in [0.1, 0.15) is 0 Å². The van der Waals surface area contributed by atoms with Crippen molar-refractivity contribution in [2.45, 2.75) is 45.6 Å². The van der Waals surface area contributed by atoms with Gasteiger partial charge >= 0.3 is 0 Å². The summed E-state index contributed by atoms with van der Waals surface area (Å²) >= 11 is 0. The lowest BCUT2D eigenvalue weighted by atomic mass is 9.98. The van der Waals surface area contributed by atoms with E-state index in [0.29, 0.717) is 37.5 Å². The second kappa shape index (κ2) is 12.9. The number of aliphatic imine (C=N–C) groups is 1. The highest BCUT2D eigenvalue weighted by Crippen LogP contribution is 2.14. The lowest BCUT2D eigenvalue weighted by Crippen LogP contribution is -2.40. The van der Waals surface area contributed by atoms with E-state index < -0.39 is 5.60 Å². The predicted molar refractivity (Wildman–Crippen MR) is 123 cm³/mol. The van der Waals surface area contributed by atoms with Crippen LogP contribution in [0.5, 0.6) is 0 Å². The zero-order valence-corrected chi connectivity index (χ0v) is 19.5. The highest BCUT2D eigenvalue weighted by molar-refractivity contribution is 14.0. The Hall–Kier alpha value is -1.35. The molecule has 1 amide bonds. The second-order valence-electron chi connectivity index (χ2n) is 6.70. The van der Waals surface area contributed by atoms with Gasteiger partial charge in [0.2, 0.25) is 0 Å². The summed E-state index contributed by atoms with van der Waals surface area (Å²) in [5, 5.41) is 16.9. The van der Waals surface area contributed by atoms with Gasteiger partial charge in [0, 0.05) is 32.7 Å². The highest BCUT2D eigenvalue weighted by Gasteiger charge is 2.21. The van der Waals surface area contributed by atoms with Crippen LogP contribution < -0.4 is 10.6 Å². The van der Waals surface area contributed by atoms with Gasteiger partial charge in [-0.1, -0.05) is 26.0 Å².